The third-order valence-corrected chi connectivity index (χ3v) is 5.05. The summed E-state index contributed by atoms with van der Waals surface area (Å²) >= 11 is 12.1. The van der Waals surface area contributed by atoms with E-state index in [1.807, 2.05) is 29.1 Å². The van der Waals surface area contributed by atoms with Crippen molar-refractivity contribution in [2.24, 2.45) is 0 Å². The first kappa shape index (κ1) is 16.3. The van der Waals surface area contributed by atoms with Crippen molar-refractivity contribution < 1.29 is 4.79 Å². The van der Waals surface area contributed by atoms with Crippen molar-refractivity contribution in [1.82, 2.24) is 20.1 Å². The van der Waals surface area contributed by atoms with Gasteiger partial charge in [0.1, 0.15) is 5.15 Å². The van der Waals surface area contributed by atoms with Crippen molar-refractivity contribution in [2.45, 2.75) is 13.0 Å². The van der Waals surface area contributed by atoms with Gasteiger partial charge in [-0.15, -0.1) is 0 Å². The fourth-order valence-corrected chi connectivity index (χ4v) is 3.39. The Kier molecular flexibility index (Phi) is 4.29. The summed E-state index contributed by atoms with van der Waals surface area (Å²) in [6.45, 7) is 1.66. The molecule has 25 heavy (non-hydrogen) atoms. The largest absolute Gasteiger partial charge is 0.311 e. The minimum Gasteiger partial charge on any atom is -0.311 e. The van der Waals surface area contributed by atoms with E-state index in [1.165, 1.54) is 11.8 Å². The summed E-state index contributed by atoms with van der Waals surface area (Å²) in [4.78, 5) is 17.0. The highest BCUT2D eigenvalue weighted by atomic mass is 35.5. The first-order chi connectivity index (χ1) is 12.2. The van der Waals surface area contributed by atoms with Gasteiger partial charge in [0.15, 0.2) is 5.78 Å². The van der Waals surface area contributed by atoms with Crippen molar-refractivity contribution in [3.05, 3.63) is 75.3 Å². The summed E-state index contributed by atoms with van der Waals surface area (Å²) in [6.07, 6.45) is 4.27. The average Bonchev–Trinajstić information content (AvgIpc) is 3.07. The van der Waals surface area contributed by atoms with E-state index in [0.717, 1.165) is 30.9 Å². The molecule has 0 atom stereocenters. The van der Waals surface area contributed by atoms with Gasteiger partial charge in [-0.1, -0.05) is 35.3 Å². The van der Waals surface area contributed by atoms with E-state index < -0.39 is 0 Å². The van der Waals surface area contributed by atoms with Gasteiger partial charge in [-0.05, 0) is 36.7 Å². The molecular formula is C18H14Cl2N4O. The second kappa shape index (κ2) is 6.59. The van der Waals surface area contributed by atoms with Crippen LogP contribution in [0.1, 0.15) is 27.2 Å². The number of nitrogens with zero attached hydrogens (tertiary/aromatic N) is 3. The standard InChI is InChI=1S/C18H14Cl2N4O/c19-16-13(6-8-22-18(16)20)17(25)12-3-1-2-4-14(12)24-15-10-21-7-5-11(15)9-23-24/h1-4,6,8-9,21H,5,7,10H2. The summed E-state index contributed by atoms with van der Waals surface area (Å²) in [6, 6.07) is 8.94. The zero-order valence-corrected chi connectivity index (χ0v) is 14.7. The average molecular weight is 373 g/mol. The van der Waals surface area contributed by atoms with E-state index in [0.29, 0.717) is 11.1 Å². The van der Waals surface area contributed by atoms with Crippen LogP contribution in [0.4, 0.5) is 0 Å². The van der Waals surface area contributed by atoms with Gasteiger partial charge in [-0.3, -0.25) is 4.79 Å². The fraction of sp³-hybridized carbons (Fsp3) is 0.167. The number of halogens is 2. The van der Waals surface area contributed by atoms with Gasteiger partial charge in [-0.25, -0.2) is 9.67 Å². The van der Waals surface area contributed by atoms with Crippen LogP contribution in [0.3, 0.4) is 0 Å². The molecule has 3 aromatic rings. The Hall–Kier alpha value is -2.21. The van der Waals surface area contributed by atoms with Crippen LogP contribution in [-0.4, -0.2) is 27.1 Å². The number of hydrogen-bond acceptors (Lipinski definition) is 4. The predicted molar refractivity (Wildman–Crippen MR) is 96.7 cm³/mol. The lowest BCUT2D eigenvalue weighted by Gasteiger charge is -2.17. The molecule has 1 aliphatic heterocycles. The van der Waals surface area contributed by atoms with Crippen LogP contribution in [0.2, 0.25) is 10.2 Å². The van der Waals surface area contributed by atoms with Gasteiger partial charge in [0.25, 0.3) is 0 Å². The molecule has 0 spiro atoms. The van der Waals surface area contributed by atoms with Gasteiger partial charge in [0.05, 0.1) is 22.6 Å². The van der Waals surface area contributed by atoms with Crippen LogP contribution in [0.5, 0.6) is 0 Å². The molecule has 3 heterocycles. The van der Waals surface area contributed by atoms with Gasteiger partial charge >= 0.3 is 0 Å². The highest BCUT2D eigenvalue weighted by Crippen LogP contribution is 2.28. The molecule has 0 saturated carbocycles. The van der Waals surface area contributed by atoms with E-state index in [-0.39, 0.29) is 16.0 Å². The third kappa shape index (κ3) is 2.84. The maximum Gasteiger partial charge on any atom is 0.196 e. The normalized spacial score (nSPS) is 13.5. The number of benzene rings is 1. The molecule has 4 rings (SSSR count). The van der Waals surface area contributed by atoms with Crippen LogP contribution in [-0.2, 0) is 13.0 Å². The molecule has 0 amide bonds. The Morgan fingerprint density at radius 2 is 2.00 bits per heavy atom. The number of aromatic nitrogens is 3. The molecule has 0 fully saturated rings. The van der Waals surface area contributed by atoms with Crippen LogP contribution >= 0.6 is 23.2 Å². The molecular weight excluding hydrogens is 359 g/mol. The Morgan fingerprint density at radius 3 is 2.88 bits per heavy atom. The zero-order chi connectivity index (χ0) is 17.4. The van der Waals surface area contributed by atoms with Crippen molar-refractivity contribution in [2.75, 3.05) is 6.54 Å². The number of nitrogens with one attached hydrogen (secondary N) is 1. The summed E-state index contributed by atoms with van der Waals surface area (Å²) in [5, 5.41) is 8.12. The molecule has 0 aliphatic carbocycles. The third-order valence-electron chi connectivity index (χ3n) is 4.29. The van der Waals surface area contributed by atoms with E-state index in [9.17, 15) is 4.79 Å². The topological polar surface area (TPSA) is 59.8 Å². The minimum absolute atomic E-state index is 0.116. The van der Waals surface area contributed by atoms with Crippen molar-refractivity contribution >= 4 is 29.0 Å². The molecule has 5 nitrogen and oxygen atoms in total. The van der Waals surface area contributed by atoms with Crippen molar-refractivity contribution in [1.29, 1.82) is 0 Å². The number of fused-ring (bicyclic) bond motifs is 1. The summed E-state index contributed by atoms with van der Waals surface area (Å²) in [5.41, 5.74) is 3.84. The summed E-state index contributed by atoms with van der Waals surface area (Å²) < 4.78 is 1.82. The minimum atomic E-state index is -0.210. The lowest BCUT2D eigenvalue weighted by atomic mass is 10.0. The van der Waals surface area contributed by atoms with Crippen LogP contribution in [0.15, 0.2) is 42.7 Å². The number of ketones is 1. The summed E-state index contributed by atoms with van der Waals surface area (Å²) in [7, 11) is 0. The second-order valence-electron chi connectivity index (χ2n) is 5.76. The maximum absolute atomic E-state index is 13.1. The number of pyridine rings is 1. The molecule has 1 aromatic carbocycles. The molecule has 7 heteroatoms. The summed E-state index contributed by atoms with van der Waals surface area (Å²) in [5.74, 6) is -0.210. The molecule has 1 aliphatic rings. The van der Waals surface area contributed by atoms with Gasteiger partial charge in [0, 0.05) is 23.9 Å². The van der Waals surface area contributed by atoms with E-state index in [1.54, 1.807) is 12.1 Å². The maximum atomic E-state index is 13.1. The lowest BCUT2D eigenvalue weighted by molar-refractivity contribution is 0.103. The monoisotopic (exact) mass is 372 g/mol. The molecule has 0 saturated heterocycles. The highest BCUT2D eigenvalue weighted by molar-refractivity contribution is 6.43. The predicted octanol–water partition coefficient (Wildman–Crippen LogP) is 3.45. The Labute approximate surface area is 154 Å². The number of hydrogen-bond donors (Lipinski definition) is 1. The van der Waals surface area contributed by atoms with Crippen LogP contribution < -0.4 is 5.32 Å². The molecule has 0 bridgehead atoms. The van der Waals surface area contributed by atoms with Crippen LogP contribution in [0, 0.1) is 0 Å². The van der Waals surface area contributed by atoms with Crippen molar-refractivity contribution in [3.8, 4) is 5.69 Å². The number of para-hydroxylation sites is 1. The molecule has 1 N–H and O–H groups in total. The van der Waals surface area contributed by atoms with Crippen LogP contribution in [0.25, 0.3) is 5.69 Å². The molecule has 2 aromatic heterocycles. The van der Waals surface area contributed by atoms with Gasteiger partial charge in [0.2, 0.25) is 0 Å². The Bertz CT molecular complexity index is 967. The van der Waals surface area contributed by atoms with E-state index >= 15 is 0 Å². The Balaban J connectivity index is 1.84. The first-order valence-electron chi connectivity index (χ1n) is 7.87. The van der Waals surface area contributed by atoms with Crippen molar-refractivity contribution in [3.63, 3.8) is 0 Å². The zero-order valence-electron chi connectivity index (χ0n) is 13.2. The number of rotatable bonds is 3. The second-order valence-corrected chi connectivity index (χ2v) is 6.50. The van der Waals surface area contributed by atoms with E-state index in [2.05, 4.69) is 15.4 Å². The SMILES string of the molecule is O=C(c1ccccc1-n1ncc2c1CNCC2)c1ccnc(Cl)c1Cl. The van der Waals surface area contributed by atoms with E-state index in [4.69, 9.17) is 23.2 Å². The van der Waals surface area contributed by atoms with Gasteiger partial charge in [-0.2, -0.15) is 5.10 Å². The number of carbonyl (C=O) groups is 1. The Morgan fingerprint density at radius 1 is 1.16 bits per heavy atom. The van der Waals surface area contributed by atoms with Gasteiger partial charge < -0.3 is 5.32 Å². The highest BCUT2D eigenvalue weighted by Gasteiger charge is 2.22. The number of carbonyl (C=O) groups excluding carboxylic acids is 1. The molecule has 0 unspecified atom stereocenters. The quantitative estimate of drug-likeness (QED) is 0.564. The first-order valence-corrected chi connectivity index (χ1v) is 8.63. The molecule has 126 valence electrons. The lowest BCUT2D eigenvalue weighted by Crippen LogP contribution is -2.25. The molecule has 0 radical (unpaired) electrons. The smallest absolute Gasteiger partial charge is 0.196 e. The fourth-order valence-electron chi connectivity index (χ4n) is 3.03.